The molecule has 2 fully saturated rings. The molecule has 8 heteroatoms. The third-order valence-electron chi connectivity index (χ3n) is 7.93. The Labute approximate surface area is 241 Å². The van der Waals surface area contributed by atoms with Crippen LogP contribution in [-0.2, 0) is 6.42 Å². The Morgan fingerprint density at radius 3 is 2.60 bits per heavy atom. The van der Waals surface area contributed by atoms with Crippen molar-refractivity contribution in [1.82, 2.24) is 20.2 Å². The number of nitrogens with one attached hydrogen (secondary N) is 1. The molecule has 6 nitrogen and oxygen atoms in total. The molecule has 2 aliphatic rings. The number of anilines is 1. The summed E-state index contributed by atoms with van der Waals surface area (Å²) in [7, 11) is 4.13. The van der Waals surface area contributed by atoms with Crippen LogP contribution in [0.15, 0.2) is 42.2 Å². The van der Waals surface area contributed by atoms with Crippen molar-refractivity contribution >= 4 is 40.0 Å². The van der Waals surface area contributed by atoms with Crippen LogP contribution in [0.25, 0.3) is 22.6 Å². The van der Waals surface area contributed by atoms with Gasteiger partial charge in [-0.15, -0.1) is 0 Å². The number of fused-ring (bicyclic) bond motifs is 3. The normalized spacial score (nSPS) is 19.7. The lowest BCUT2D eigenvalue weighted by atomic mass is 10.0. The van der Waals surface area contributed by atoms with E-state index >= 15 is 4.39 Å². The number of unbranched alkanes of at least 4 members (excludes halogenated alkanes) is 1. The molecule has 0 spiro atoms. The van der Waals surface area contributed by atoms with Crippen LogP contribution in [0.5, 0.6) is 0 Å². The van der Waals surface area contributed by atoms with Crippen LogP contribution >= 0.6 is 11.6 Å². The number of aliphatic hydroxyl groups excluding tert-OH is 1. The average molecular weight is 564 g/mol. The average Bonchev–Trinajstić information content (AvgIpc) is 3.24. The number of hydrogen-bond donors (Lipinski definition) is 2. The van der Waals surface area contributed by atoms with Gasteiger partial charge in [0.1, 0.15) is 22.9 Å². The number of allylic oxidation sites excluding steroid dienone is 2. The fourth-order valence-electron chi connectivity index (χ4n) is 5.86. The Morgan fingerprint density at radius 1 is 1.18 bits per heavy atom. The van der Waals surface area contributed by atoms with Gasteiger partial charge in [-0.05, 0) is 95.1 Å². The third-order valence-corrected chi connectivity index (χ3v) is 8.23. The predicted octanol–water partition coefficient (Wildman–Crippen LogP) is 6.56. The Morgan fingerprint density at radius 2 is 1.90 bits per heavy atom. The number of hydrogen-bond acceptors (Lipinski definition) is 6. The maximum atomic E-state index is 16.4. The highest BCUT2D eigenvalue weighted by atomic mass is 35.5. The highest BCUT2D eigenvalue weighted by Crippen LogP contribution is 2.37. The number of benzene rings is 2. The van der Waals surface area contributed by atoms with Crippen LogP contribution in [-0.4, -0.2) is 65.8 Å². The van der Waals surface area contributed by atoms with Gasteiger partial charge in [-0.2, -0.15) is 0 Å². The maximum absolute atomic E-state index is 16.4. The zero-order valence-electron chi connectivity index (χ0n) is 23.8. The number of piperazine rings is 1. The lowest BCUT2D eigenvalue weighted by Crippen LogP contribution is -2.51. The summed E-state index contributed by atoms with van der Waals surface area (Å²) in [5.41, 5.74) is 3.00. The zero-order chi connectivity index (χ0) is 28.4. The van der Waals surface area contributed by atoms with Gasteiger partial charge in [0.15, 0.2) is 5.82 Å². The summed E-state index contributed by atoms with van der Waals surface area (Å²) >= 11 is 6.75. The van der Waals surface area contributed by atoms with Crippen LogP contribution in [0, 0.1) is 12.7 Å². The smallest absolute Gasteiger partial charge is 0.158 e. The van der Waals surface area contributed by atoms with Crippen molar-refractivity contribution in [3.63, 3.8) is 0 Å². The van der Waals surface area contributed by atoms with Gasteiger partial charge < -0.3 is 20.2 Å². The van der Waals surface area contributed by atoms with Gasteiger partial charge in [-0.3, -0.25) is 0 Å². The van der Waals surface area contributed by atoms with Crippen LogP contribution in [0.3, 0.4) is 0 Å². The van der Waals surface area contributed by atoms with Crippen molar-refractivity contribution in [2.75, 3.05) is 38.6 Å². The minimum Gasteiger partial charge on any atom is -0.508 e. The Bertz CT molecular complexity index is 1440. The predicted molar refractivity (Wildman–Crippen MR) is 164 cm³/mol. The molecule has 0 amide bonds. The molecule has 1 aromatic heterocycles. The standard InChI is InChI=1S/C32H39ClFN5O/c1-20-9-5-6-10-22(20)16-25(40)15-21(2)29-27(33)17-26-31(30(29)34)36-28(11-7-8-14-38(3)4)37-32(26)39-18-23-12-13-24(19-39)35-23/h5-6,9-10,15-17,23-24,35,40H,7-8,11-14,18-19H2,1-4H3/b21-15+,25-16+. The second kappa shape index (κ2) is 12.2. The van der Waals surface area contributed by atoms with Crippen molar-refractivity contribution in [1.29, 1.82) is 0 Å². The molecule has 40 heavy (non-hydrogen) atoms. The monoisotopic (exact) mass is 563 g/mol. The molecule has 0 radical (unpaired) electrons. The first-order valence-corrected chi connectivity index (χ1v) is 14.6. The molecule has 2 bridgehead atoms. The van der Waals surface area contributed by atoms with Crippen molar-refractivity contribution in [2.24, 2.45) is 0 Å². The van der Waals surface area contributed by atoms with Crippen molar-refractivity contribution in [3.05, 3.63) is 75.5 Å². The summed E-state index contributed by atoms with van der Waals surface area (Å²) in [5, 5.41) is 15.3. The number of aromatic nitrogens is 2. The second-order valence-electron chi connectivity index (χ2n) is 11.5. The minimum atomic E-state index is -0.476. The van der Waals surface area contributed by atoms with E-state index in [0.717, 1.165) is 62.3 Å². The summed E-state index contributed by atoms with van der Waals surface area (Å²) in [5.74, 6) is 0.977. The van der Waals surface area contributed by atoms with E-state index in [-0.39, 0.29) is 21.9 Å². The summed E-state index contributed by atoms with van der Waals surface area (Å²) in [6.07, 6.45) is 8.15. The second-order valence-corrected chi connectivity index (χ2v) is 11.9. The molecule has 3 aromatic rings. The number of rotatable bonds is 9. The first-order chi connectivity index (χ1) is 19.2. The van der Waals surface area contributed by atoms with E-state index in [4.69, 9.17) is 21.6 Å². The van der Waals surface area contributed by atoms with Crippen LogP contribution in [0.1, 0.15) is 55.1 Å². The van der Waals surface area contributed by atoms with Crippen LogP contribution < -0.4 is 10.2 Å². The molecule has 2 aromatic carbocycles. The van der Waals surface area contributed by atoms with Crippen molar-refractivity contribution in [2.45, 2.75) is 58.0 Å². The molecule has 2 aliphatic heterocycles. The molecular weight excluding hydrogens is 525 g/mol. The summed E-state index contributed by atoms with van der Waals surface area (Å²) in [4.78, 5) is 14.2. The van der Waals surface area contributed by atoms with Gasteiger partial charge in [0.2, 0.25) is 0 Å². The Hall–Kier alpha value is -3.00. The van der Waals surface area contributed by atoms with Crippen LogP contribution in [0.4, 0.5) is 10.2 Å². The topological polar surface area (TPSA) is 64.5 Å². The molecule has 2 unspecified atom stereocenters. The van der Waals surface area contributed by atoms with Gasteiger partial charge in [0.25, 0.3) is 0 Å². The molecule has 3 heterocycles. The number of halogens is 2. The van der Waals surface area contributed by atoms with Gasteiger partial charge in [-0.25, -0.2) is 14.4 Å². The lowest BCUT2D eigenvalue weighted by molar-refractivity contribution is 0.393. The molecule has 2 atom stereocenters. The third kappa shape index (κ3) is 6.32. The first-order valence-electron chi connectivity index (χ1n) is 14.2. The fourth-order valence-corrected chi connectivity index (χ4v) is 6.21. The van der Waals surface area contributed by atoms with Gasteiger partial charge >= 0.3 is 0 Å². The molecule has 2 N–H and O–H groups in total. The van der Waals surface area contributed by atoms with Gasteiger partial charge in [0, 0.05) is 42.5 Å². The van der Waals surface area contributed by atoms with E-state index in [9.17, 15) is 5.11 Å². The van der Waals surface area contributed by atoms with Crippen molar-refractivity contribution in [3.8, 4) is 0 Å². The molecule has 5 rings (SSSR count). The zero-order valence-corrected chi connectivity index (χ0v) is 24.6. The number of nitrogens with zero attached hydrogens (tertiary/aromatic N) is 4. The SMILES string of the molecule is C/C(=C\C(O)=C/c1ccccc1C)c1c(Cl)cc2c(N3CC4CCC(C3)N4)nc(CCCCN(C)C)nc2c1F. The quantitative estimate of drug-likeness (QED) is 0.175. The molecule has 2 saturated heterocycles. The number of aliphatic hydroxyl groups is 1. The lowest BCUT2D eigenvalue weighted by Gasteiger charge is -2.34. The number of aryl methyl sites for hydroxylation is 2. The molecule has 0 saturated carbocycles. The van der Waals surface area contributed by atoms with Crippen LogP contribution in [0.2, 0.25) is 5.02 Å². The molecular formula is C32H39ClFN5O. The van der Waals surface area contributed by atoms with Gasteiger partial charge in [0.05, 0.1) is 5.02 Å². The molecule has 212 valence electrons. The van der Waals surface area contributed by atoms with Gasteiger partial charge in [-0.1, -0.05) is 35.9 Å². The Kier molecular flexibility index (Phi) is 8.74. The van der Waals surface area contributed by atoms with E-state index in [2.05, 4.69) is 29.2 Å². The van der Waals surface area contributed by atoms with E-state index < -0.39 is 5.82 Å². The van der Waals surface area contributed by atoms with E-state index in [0.29, 0.717) is 35.3 Å². The summed E-state index contributed by atoms with van der Waals surface area (Å²) in [6.45, 7) is 6.39. The Balaban J connectivity index is 1.55. The van der Waals surface area contributed by atoms with E-state index in [1.165, 1.54) is 0 Å². The minimum absolute atomic E-state index is 0.0311. The van der Waals surface area contributed by atoms with Crippen molar-refractivity contribution < 1.29 is 9.50 Å². The maximum Gasteiger partial charge on any atom is 0.158 e. The molecule has 0 aliphatic carbocycles. The highest BCUT2D eigenvalue weighted by Gasteiger charge is 2.34. The van der Waals surface area contributed by atoms with E-state index in [1.54, 1.807) is 25.1 Å². The summed E-state index contributed by atoms with van der Waals surface area (Å²) in [6, 6.07) is 10.4. The largest absolute Gasteiger partial charge is 0.508 e. The first kappa shape index (κ1) is 28.5. The summed E-state index contributed by atoms with van der Waals surface area (Å²) < 4.78 is 16.4. The van der Waals surface area contributed by atoms with E-state index in [1.807, 2.05) is 31.2 Å². The highest BCUT2D eigenvalue weighted by molar-refractivity contribution is 6.33. The fraction of sp³-hybridized carbons (Fsp3) is 0.438.